The summed E-state index contributed by atoms with van der Waals surface area (Å²) in [4.78, 5) is 21.7. The molecule has 11 nitrogen and oxygen atoms in total. The number of anilines is 2. The zero-order valence-corrected chi connectivity index (χ0v) is 18.5. The summed E-state index contributed by atoms with van der Waals surface area (Å²) in [6.45, 7) is 0.953. The highest BCUT2D eigenvalue weighted by molar-refractivity contribution is 7.86. The highest BCUT2D eigenvalue weighted by Gasteiger charge is 2.18. The van der Waals surface area contributed by atoms with Crippen LogP contribution in [0.4, 0.5) is 11.4 Å². The molecule has 0 radical (unpaired) electrons. The Morgan fingerprint density at radius 2 is 1.31 bits per heavy atom. The van der Waals surface area contributed by atoms with Gasteiger partial charge in [0.25, 0.3) is 20.2 Å². The molecule has 0 saturated heterocycles. The van der Waals surface area contributed by atoms with Crippen molar-refractivity contribution in [1.82, 2.24) is 0 Å². The highest BCUT2D eigenvalue weighted by Crippen LogP contribution is 2.26. The van der Waals surface area contributed by atoms with Crippen LogP contribution in [-0.2, 0) is 34.6 Å². The quantitative estimate of drug-likeness (QED) is 0.322. The summed E-state index contributed by atoms with van der Waals surface area (Å²) < 4.78 is 70.9. The van der Waals surface area contributed by atoms with Gasteiger partial charge in [-0.3, -0.25) is 18.7 Å². The van der Waals surface area contributed by atoms with Gasteiger partial charge in [0.15, 0.2) is 0 Å². The van der Waals surface area contributed by atoms with E-state index in [1.165, 1.54) is 50.5 Å². The summed E-state index contributed by atoms with van der Waals surface area (Å²) in [7, 11) is -8.10. The Kier molecular flexibility index (Phi) is 7.87. The predicted molar refractivity (Wildman–Crippen MR) is 116 cm³/mol. The molecule has 2 aromatic rings. The molecule has 0 aliphatic carbocycles. The molecular weight excluding hydrogens is 464 g/mol. The van der Waals surface area contributed by atoms with E-state index in [1.807, 2.05) is 0 Å². The minimum absolute atomic E-state index is 0.0136. The number of rotatable bonds is 8. The molecule has 0 spiro atoms. The number of nitrogens with one attached hydrogen (secondary N) is 2. The van der Waals surface area contributed by atoms with Crippen molar-refractivity contribution in [2.24, 2.45) is 0 Å². The lowest BCUT2D eigenvalue weighted by atomic mass is 10.1. The van der Waals surface area contributed by atoms with Crippen LogP contribution in [0.1, 0.15) is 18.1 Å². The summed E-state index contributed by atoms with van der Waals surface area (Å²) in [5.74, 6) is -1.00. The molecule has 172 valence electrons. The van der Waals surface area contributed by atoms with E-state index in [0.717, 1.165) is 12.1 Å². The van der Waals surface area contributed by atoms with Gasteiger partial charge in [-0.1, -0.05) is 24.3 Å². The molecule has 2 amide bonds. The van der Waals surface area contributed by atoms with E-state index < -0.39 is 41.8 Å². The molecule has 0 fully saturated rings. The summed E-state index contributed by atoms with van der Waals surface area (Å²) >= 11 is 0. The van der Waals surface area contributed by atoms with E-state index in [4.69, 9.17) is 0 Å². The lowest BCUT2D eigenvalue weighted by molar-refractivity contribution is -0.119. The molecule has 0 unspecified atom stereocenters. The molecular formula is C19H20N2O9S2. The van der Waals surface area contributed by atoms with E-state index >= 15 is 0 Å². The van der Waals surface area contributed by atoms with Gasteiger partial charge in [0.05, 0.1) is 0 Å². The first-order valence-corrected chi connectivity index (χ1v) is 11.7. The third-order valence-corrected chi connectivity index (χ3v) is 5.72. The first-order valence-electron chi connectivity index (χ1n) is 8.79. The summed E-state index contributed by atoms with van der Waals surface area (Å²) in [5, 5.41) is 4.78. The first kappa shape index (κ1) is 25.2. The van der Waals surface area contributed by atoms with Gasteiger partial charge < -0.3 is 15.4 Å². The summed E-state index contributed by atoms with van der Waals surface area (Å²) in [5.41, 5.74) is 0.164. The lowest BCUT2D eigenvalue weighted by Crippen LogP contribution is -2.17. The normalized spacial score (nSPS) is 12.0. The zero-order valence-electron chi connectivity index (χ0n) is 16.9. The van der Waals surface area contributed by atoms with E-state index in [2.05, 4.69) is 15.4 Å². The maximum absolute atomic E-state index is 11.8. The molecule has 0 bridgehead atoms. The minimum Gasteiger partial charge on any atom is -0.375 e. The van der Waals surface area contributed by atoms with E-state index in [9.17, 15) is 35.5 Å². The SMILES string of the molecule is COCC(=O)Nc1ccc(/C=C/c2ccc(NC(C)=O)cc2S(=O)(=O)O)c(S(=O)(=O)O)c1. The van der Waals surface area contributed by atoms with Crippen molar-refractivity contribution in [2.75, 3.05) is 24.4 Å². The Morgan fingerprint density at radius 1 is 0.875 bits per heavy atom. The number of ether oxygens (including phenoxy) is 1. The van der Waals surface area contributed by atoms with Crippen LogP contribution in [0.2, 0.25) is 0 Å². The third-order valence-electron chi connectivity index (χ3n) is 3.90. The van der Waals surface area contributed by atoms with Crippen molar-refractivity contribution in [3.8, 4) is 0 Å². The van der Waals surface area contributed by atoms with Gasteiger partial charge in [0.2, 0.25) is 11.8 Å². The van der Waals surface area contributed by atoms with Gasteiger partial charge in [-0.15, -0.1) is 0 Å². The standard InChI is InChI=1S/C19H20N2O9S2/c1-12(22)20-15-7-5-13(17(9-15)31(24,25)26)3-4-14-6-8-16(21-19(23)11-30-2)10-18(14)32(27,28)29/h3-10H,11H2,1-2H3,(H,20,22)(H,21,23)(H,24,25,26)(H,27,28,29)/b4-3+. The fourth-order valence-corrected chi connectivity index (χ4v) is 4.08. The van der Waals surface area contributed by atoms with Gasteiger partial charge >= 0.3 is 0 Å². The van der Waals surface area contributed by atoms with Gasteiger partial charge in [0, 0.05) is 25.4 Å². The minimum atomic E-state index is -4.72. The molecule has 0 saturated carbocycles. The van der Waals surface area contributed by atoms with Crippen molar-refractivity contribution in [3.05, 3.63) is 47.5 Å². The fraction of sp³-hybridized carbons (Fsp3) is 0.158. The van der Waals surface area contributed by atoms with E-state index in [1.54, 1.807) is 0 Å². The van der Waals surface area contributed by atoms with Crippen LogP contribution in [0.25, 0.3) is 12.2 Å². The van der Waals surface area contributed by atoms with Crippen molar-refractivity contribution in [1.29, 1.82) is 0 Å². The van der Waals surface area contributed by atoms with Crippen molar-refractivity contribution >= 4 is 55.6 Å². The topological polar surface area (TPSA) is 176 Å². The number of amides is 2. The van der Waals surface area contributed by atoms with Crippen LogP contribution in [0, 0.1) is 0 Å². The van der Waals surface area contributed by atoms with Crippen LogP contribution in [0.3, 0.4) is 0 Å². The Hall–Kier alpha value is -3.10. The molecule has 0 aliphatic rings. The Bertz CT molecular complexity index is 1280. The van der Waals surface area contributed by atoms with E-state index in [0.29, 0.717) is 0 Å². The second kappa shape index (κ2) is 10.0. The summed E-state index contributed by atoms with van der Waals surface area (Å²) in [6, 6.07) is 7.37. The molecule has 0 aliphatic heterocycles. The molecule has 0 heterocycles. The van der Waals surface area contributed by atoms with Gasteiger partial charge in [-0.2, -0.15) is 16.8 Å². The van der Waals surface area contributed by atoms with Gasteiger partial charge in [0.1, 0.15) is 16.4 Å². The number of benzene rings is 2. The molecule has 32 heavy (non-hydrogen) atoms. The van der Waals surface area contributed by atoms with Crippen LogP contribution in [0.15, 0.2) is 46.2 Å². The molecule has 0 aromatic heterocycles. The molecule has 0 atom stereocenters. The van der Waals surface area contributed by atoms with Gasteiger partial charge in [-0.25, -0.2) is 0 Å². The number of methoxy groups -OCH3 is 1. The average Bonchev–Trinajstić information content (AvgIpc) is 2.65. The smallest absolute Gasteiger partial charge is 0.295 e. The molecule has 4 N–H and O–H groups in total. The van der Waals surface area contributed by atoms with Crippen LogP contribution in [0.5, 0.6) is 0 Å². The molecule has 2 aromatic carbocycles. The first-order chi connectivity index (χ1) is 14.8. The third kappa shape index (κ3) is 6.96. The average molecular weight is 485 g/mol. The number of carbonyl (C=O) groups excluding carboxylic acids is 2. The zero-order chi connectivity index (χ0) is 24.1. The van der Waals surface area contributed by atoms with Crippen molar-refractivity contribution < 1.29 is 40.3 Å². The largest absolute Gasteiger partial charge is 0.375 e. The number of hydrogen-bond acceptors (Lipinski definition) is 7. The maximum atomic E-state index is 11.8. The number of carbonyl (C=O) groups is 2. The fourth-order valence-electron chi connectivity index (χ4n) is 2.66. The lowest BCUT2D eigenvalue weighted by Gasteiger charge is -2.10. The predicted octanol–water partition coefficient (Wildman–Crippen LogP) is 1.89. The molecule has 2 rings (SSSR count). The second-order valence-electron chi connectivity index (χ2n) is 6.45. The molecule has 13 heteroatoms. The van der Waals surface area contributed by atoms with Gasteiger partial charge in [-0.05, 0) is 35.4 Å². The van der Waals surface area contributed by atoms with Crippen LogP contribution in [-0.4, -0.2) is 51.5 Å². The van der Waals surface area contributed by atoms with E-state index in [-0.39, 0.29) is 29.1 Å². The van der Waals surface area contributed by atoms with Crippen LogP contribution >= 0.6 is 0 Å². The Balaban J connectivity index is 2.50. The Labute approximate surface area is 184 Å². The van der Waals surface area contributed by atoms with Crippen LogP contribution < -0.4 is 10.6 Å². The maximum Gasteiger partial charge on any atom is 0.295 e. The van der Waals surface area contributed by atoms with Crippen molar-refractivity contribution in [3.63, 3.8) is 0 Å². The summed E-state index contributed by atoms with van der Waals surface area (Å²) in [6.07, 6.45) is 2.40. The monoisotopic (exact) mass is 484 g/mol. The number of hydrogen-bond donors (Lipinski definition) is 4. The second-order valence-corrected chi connectivity index (χ2v) is 9.23. The Morgan fingerprint density at radius 3 is 1.69 bits per heavy atom. The highest BCUT2D eigenvalue weighted by atomic mass is 32.2. The van der Waals surface area contributed by atoms with Crippen molar-refractivity contribution in [2.45, 2.75) is 16.7 Å².